The lowest BCUT2D eigenvalue weighted by molar-refractivity contribution is 0.633. The van der Waals surface area contributed by atoms with Gasteiger partial charge in [0, 0.05) is 33.2 Å². The maximum atomic E-state index is 5.19. The first-order valence-corrected chi connectivity index (χ1v) is 14.6. The summed E-state index contributed by atoms with van der Waals surface area (Å²) in [6, 6.07) is 48.2. The molecule has 0 fully saturated rings. The Balaban J connectivity index is 1.50. The van der Waals surface area contributed by atoms with Gasteiger partial charge in [-0.05, 0) is 29.8 Å². The van der Waals surface area contributed by atoms with Crippen LogP contribution in [-0.4, -0.2) is 19.5 Å². The summed E-state index contributed by atoms with van der Waals surface area (Å²) in [6.07, 6.45) is 0. The Morgan fingerprint density at radius 2 is 1.07 bits per heavy atom. The van der Waals surface area contributed by atoms with Crippen molar-refractivity contribution in [3.05, 3.63) is 151 Å². The fourth-order valence-corrected chi connectivity index (χ4v) is 6.44. The average molecular weight is 556 g/mol. The first-order chi connectivity index (χ1) is 21.1. The molecule has 1 aliphatic rings. The topological polar surface area (TPSA) is 46.8 Å². The Morgan fingerprint density at radius 3 is 1.72 bits per heavy atom. The molecule has 5 nitrogen and oxygen atoms in total. The normalized spacial score (nSPS) is 13.5. The van der Waals surface area contributed by atoms with Crippen molar-refractivity contribution in [3.8, 4) is 28.5 Å². The molecule has 1 aliphatic heterocycles. The summed E-state index contributed by atoms with van der Waals surface area (Å²) in [5, 5.41) is 1.21. The number of nitrogens with zero attached hydrogens (tertiary/aromatic N) is 5. The molecule has 0 amide bonds. The van der Waals surface area contributed by atoms with E-state index in [0.717, 1.165) is 33.8 Å². The van der Waals surface area contributed by atoms with Crippen LogP contribution in [-0.2, 0) is 5.41 Å². The first-order valence-electron chi connectivity index (χ1n) is 14.6. The van der Waals surface area contributed by atoms with E-state index in [1.807, 2.05) is 60.7 Å². The SMILES string of the molecule is CC1(C)c2ccccc2N(c2nc(-c3ccccc3)nc(-c3ccccc3)n2)c2c1c1ccccc1n2-c1ccccc1. The van der Waals surface area contributed by atoms with Crippen molar-refractivity contribution < 1.29 is 0 Å². The standard InChI is InChI=1S/C38H29N5/c1-38(2)30-23-13-15-25-32(30)43(36-33(38)29-22-12-14-24-31(29)42(36)28-20-10-5-11-21-28)37-40-34(26-16-6-3-7-17-26)39-35(41-37)27-18-8-4-9-19-27/h3-25H,1-2H3. The van der Waals surface area contributed by atoms with E-state index in [4.69, 9.17) is 15.0 Å². The number of hydrogen-bond donors (Lipinski definition) is 0. The minimum atomic E-state index is -0.278. The second-order valence-electron chi connectivity index (χ2n) is 11.4. The lowest BCUT2D eigenvalue weighted by Crippen LogP contribution is -2.32. The van der Waals surface area contributed by atoms with Gasteiger partial charge in [0.25, 0.3) is 0 Å². The van der Waals surface area contributed by atoms with Gasteiger partial charge in [-0.25, -0.2) is 4.98 Å². The summed E-state index contributed by atoms with van der Waals surface area (Å²) in [5.41, 5.74) is 7.36. The zero-order valence-corrected chi connectivity index (χ0v) is 24.0. The molecule has 0 spiro atoms. The molecule has 2 aromatic heterocycles. The molecular weight excluding hydrogens is 526 g/mol. The lowest BCUT2D eigenvalue weighted by Gasteiger charge is -2.40. The predicted octanol–water partition coefficient (Wildman–Crippen LogP) is 9.26. The molecule has 206 valence electrons. The molecule has 0 unspecified atom stereocenters. The Kier molecular flexibility index (Phi) is 5.73. The number of hydrogen-bond acceptors (Lipinski definition) is 4. The molecule has 0 radical (unpaired) electrons. The van der Waals surface area contributed by atoms with E-state index in [0.29, 0.717) is 17.6 Å². The van der Waals surface area contributed by atoms with Crippen molar-refractivity contribution >= 4 is 28.4 Å². The largest absolute Gasteiger partial charge is 0.295 e. The molecule has 0 saturated carbocycles. The van der Waals surface area contributed by atoms with Crippen LogP contribution in [0.5, 0.6) is 0 Å². The van der Waals surface area contributed by atoms with E-state index >= 15 is 0 Å². The predicted molar refractivity (Wildman–Crippen MR) is 174 cm³/mol. The van der Waals surface area contributed by atoms with Gasteiger partial charge >= 0.3 is 0 Å². The summed E-state index contributed by atoms with van der Waals surface area (Å²) >= 11 is 0. The van der Waals surface area contributed by atoms with E-state index in [9.17, 15) is 0 Å². The third-order valence-corrected chi connectivity index (χ3v) is 8.41. The van der Waals surface area contributed by atoms with E-state index in [1.54, 1.807) is 0 Å². The van der Waals surface area contributed by atoms with Crippen molar-refractivity contribution in [3.63, 3.8) is 0 Å². The highest BCUT2D eigenvalue weighted by Gasteiger charge is 2.42. The van der Waals surface area contributed by atoms with E-state index < -0.39 is 0 Å². The molecule has 0 saturated heterocycles. The molecule has 0 atom stereocenters. The van der Waals surface area contributed by atoms with Crippen LogP contribution < -0.4 is 4.90 Å². The highest BCUT2D eigenvalue weighted by Crippen LogP contribution is 2.55. The van der Waals surface area contributed by atoms with Crippen molar-refractivity contribution in [1.82, 2.24) is 19.5 Å². The number of benzene rings is 5. The maximum absolute atomic E-state index is 5.19. The molecule has 7 aromatic rings. The van der Waals surface area contributed by atoms with Crippen LogP contribution in [0.1, 0.15) is 25.0 Å². The van der Waals surface area contributed by atoms with Gasteiger partial charge < -0.3 is 0 Å². The molecule has 0 bridgehead atoms. The van der Waals surface area contributed by atoms with Gasteiger partial charge in [-0.2, -0.15) is 9.97 Å². The summed E-state index contributed by atoms with van der Waals surface area (Å²) in [5.74, 6) is 2.89. The van der Waals surface area contributed by atoms with Crippen LogP contribution in [0.2, 0.25) is 0 Å². The number of fused-ring (bicyclic) bond motifs is 4. The van der Waals surface area contributed by atoms with Gasteiger partial charge in [-0.1, -0.05) is 129 Å². The number of rotatable bonds is 4. The third kappa shape index (κ3) is 3.97. The van der Waals surface area contributed by atoms with Crippen LogP contribution >= 0.6 is 0 Å². The highest BCUT2D eigenvalue weighted by molar-refractivity contribution is 5.99. The van der Waals surface area contributed by atoms with Crippen molar-refractivity contribution in [1.29, 1.82) is 0 Å². The van der Waals surface area contributed by atoms with Crippen LogP contribution in [0.4, 0.5) is 17.5 Å². The van der Waals surface area contributed by atoms with Crippen molar-refractivity contribution in [2.75, 3.05) is 4.90 Å². The minimum Gasteiger partial charge on any atom is -0.295 e. The minimum absolute atomic E-state index is 0.278. The zero-order valence-electron chi connectivity index (χ0n) is 24.0. The fourth-order valence-electron chi connectivity index (χ4n) is 6.44. The van der Waals surface area contributed by atoms with Gasteiger partial charge in [-0.3, -0.25) is 9.47 Å². The molecule has 5 heteroatoms. The van der Waals surface area contributed by atoms with Gasteiger partial charge in [0.15, 0.2) is 11.6 Å². The molecule has 43 heavy (non-hydrogen) atoms. The second kappa shape index (κ2) is 9.78. The maximum Gasteiger partial charge on any atom is 0.239 e. The summed E-state index contributed by atoms with van der Waals surface area (Å²) in [6.45, 7) is 4.64. The van der Waals surface area contributed by atoms with Crippen LogP contribution in [0.15, 0.2) is 140 Å². The molecule has 8 rings (SSSR count). The van der Waals surface area contributed by atoms with Crippen LogP contribution in [0.3, 0.4) is 0 Å². The van der Waals surface area contributed by atoms with Crippen molar-refractivity contribution in [2.45, 2.75) is 19.3 Å². The average Bonchev–Trinajstić information content (AvgIpc) is 3.42. The summed E-state index contributed by atoms with van der Waals surface area (Å²) in [4.78, 5) is 17.6. The van der Waals surface area contributed by atoms with Crippen LogP contribution in [0.25, 0.3) is 39.4 Å². The van der Waals surface area contributed by atoms with Gasteiger partial charge in [0.2, 0.25) is 5.95 Å². The van der Waals surface area contributed by atoms with E-state index in [-0.39, 0.29) is 5.41 Å². The number of anilines is 3. The van der Waals surface area contributed by atoms with Gasteiger partial charge in [0.05, 0.1) is 11.2 Å². The quantitative estimate of drug-likeness (QED) is 0.217. The Labute approximate surface area is 250 Å². The molecule has 0 N–H and O–H groups in total. The highest BCUT2D eigenvalue weighted by atomic mass is 15.3. The Hall–Kier alpha value is -5.55. The fraction of sp³-hybridized carbons (Fsp3) is 0.0789. The van der Waals surface area contributed by atoms with Gasteiger partial charge in [-0.15, -0.1) is 0 Å². The monoisotopic (exact) mass is 555 g/mol. The van der Waals surface area contributed by atoms with Gasteiger partial charge in [0.1, 0.15) is 5.82 Å². The Bertz CT molecular complexity index is 2040. The molecule has 5 aromatic carbocycles. The molecule has 0 aliphatic carbocycles. The zero-order chi connectivity index (χ0) is 29.0. The number of aromatic nitrogens is 4. The Morgan fingerprint density at radius 1 is 0.535 bits per heavy atom. The second-order valence-corrected chi connectivity index (χ2v) is 11.4. The summed E-state index contributed by atoms with van der Waals surface area (Å²) < 4.78 is 2.36. The van der Waals surface area contributed by atoms with E-state index in [1.165, 1.54) is 16.5 Å². The first kappa shape index (κ1) is 25.2. The third-order valence-electron chi connectivity index (χ3n) is 8.41. The molecule has 3 heterocycles. The van der Waals surface area contributed by atoms with E-state index in [2.05, 4.69) is 102 Å². The molecular formula is C38H29N5. The lowest BCUT2D eigenvalue weighted by atomic mass is 9.74. The summed E-state index contributed by atoms with van der Waals surface area (Å²) in [7, 11) is 0. The smallest absolute Gasteiger partial charge is 0.239 e. The van der Waals surface area contributed by atoms with Crippen molar-refractivity contribution in [2.24, 2.45) is 0 Å². The van der Waals surface area contributed by atoms with Crippen LogP contribution in [0, 0.1) is 0 Å². The number of para-hydroxylation sites is 3.